The fraction of sp³-hybridized carbons (Fsp3) is 0.429. The average molecular weight is 511 g/mol. The van der Waals surface area contributed by atoms with Gasteiger partial charge in [-0.05, 0) is 44.0 Å². The molecule has 0 unspecified atom stereocenters. The molecule has 1 saturated carbocycles. The minimum atomic E-state index is 0. The van der Waals surface area contributed by atoms with Gasteiger partial charge in [-0.1, -0.05) is 24.3 Å². The molecule has 2 N–H and O–H groups in total. The molecule has 28 heavy (non-hydrogen) atoms. The van der Waals surface area contributed by atoms with Crippen molar-refractivity contribution in [1.29, 1.82) is 0 Å². The lowest BCUT2D eigenvalue weighted by Crippen LogP contribution is -2.41. The van der Waals surface area contributed by atoms with Crippen LogP contribution in [-0.4, -0.2) is 42.9 Å². The van der Waals surface area contributed by atoms with Gasteiger partial charge in [0.1, 0.15) is 5.82 Å². The largest absolute Gasteiger partial charge is 0.363 e. The van der Waals surface area contributed by atoms with Gasteiger partial charge >= 0.3 is 0 Å². The van der Waals surface area contributed by atoms with E-state index in [1.807, 2.05) is 49.0 Å². The van der Waals surface area contributed by atoms with Crippen molar-refractivity contribution in [3.05, 3.63) is 54.2 Å². The molecule has 0 bridgehead atoms. The van der Waals surface area contributed by atoms with Crippen molar-refractivity contribution in [2.24, 2.45) is 4.99 Å². The van der Waals surface area contributed by atoms with Gasteiger partial charge in [0.05, 0.1) is 12.2 Å². The number of nitrogens with one attached hydrogen (secondary N) is 2. The summed E-state index contributed by atoms with van der Waals surface area (Å²) < 4.78 is 0.292. The molecule has 0 saturated heterocycles. The summed E-state index contributed by atoms with van der Waals surface area (Å²) in [6, 6.07) is 16.7. The van der Waals surface area contributed by atoms with E-state index < -0.39 is 0 Å². The Hall–Kier alpha value is -1.48. The zero-order valence-corrected chi connectivity index (χ0v) is 20.0. The highest BCUT2D eigenvalue weighted by Crippen LogP contribution is 2.51. The van der Waals surface area contributed by atoms with E-state index in [-0.39, 0.29) is 24.0 Å². The normalized spacial score (nSPS) is 14.8. The SMILES string of the molecule is CCNC(=NCc1cccc(N(C)C)n1)NCC1(Sc2ccccc2)CC1.I. The number of aromatic nitrogens is 1. The van der Waals surface area contributed by atoms with Gasteiger partial charge in [0, 0.05) is 36.8 Å². The third-order valence-corrected chi connectivity index (χ3v) is 5.95. The van der Waals surface area contributed by atoms with Gasteiger partial charge in [-0.2, -0.15) is 0 Å². The van der Waals surface area contributed by atoms with E-state index >= 15 is 0 Å². The fourth-order valence-corrected chi connectivity index (χ4v) is 3.99. The van der Waals surface area contributed by atoms with Crippen molar-refractivity contribution in [3.8, 4) is 0 Å². The third kappa shape index (κ3) is 6.84. The number of nitrogens with zero attached hydrogens (tertiary/aromatic N) is 3. The first-order valence-corrected chi connectivity index (χ1v) is 10.3. The highest BCUT2D eigenvalue weighted by molar-refractivity contribution is 14.0. The number of rotatable bonds is 8. The van der Waals surface area contributed by atoms with Crippen molar-refractivity contribution >= 4 is 47.5 Å². The molecular formula is C21H30IN5S. The van der Waals surface area contributed by atoms with Crippen LogP contribution in [0.4, 0.5) is 5.82 Å². The van der Waals surface area contributed by atoms with Gasteiger partial charge in [0.15, 0.2) is 5.96 Å². The number of halogens is 1. The second-order valence-electron chi connectivity index (χ2n) is 7.03. The molecule has 1 aliphatic carbocycles. The maximum absolute atomic E-state index is 4.73. The summed E-state index contributed by atoms with van der Waals surface area (Å²) in [6.45, 7) is 4.42. The smallest absolute Gasteiger partial charge is 0.191 e. The minimum Gasteiger partial charge on any atom is -0.363 e. The zero-order valence-electron chi connectivity index (χ0n) is 16.8. The Kier molecular flexibility index (Phi) is 8.88. The number of benzene rings is 1. The number of guanidine groups is 1. The summed E-state index contributed by atoms with van der Waals surface area (Å²) in [4.78, 5) is 12.7. The van der Waals surface area contributed by atoms with Crippen LogP contribution < -0.4 is 15.5 Å². The summed E-state index contributed by atoms with van der Waals surface area (Å²) in [5.74, 6) is 1.81. The van der Waals surface area contributed by atoms with Crippen molar-refractivity contribution in [2.75, 3.05) is 32.1 Å². The van der Waals surface area contributed by atoms with Crippen LogP contribution in [0, 0.1) is 0 Å². The molecule has 0 atom stereocenters. The van der Waals surface area contributed by atoms with E-state index in [9.17, 15) is 0 Å². The van der Waals surface area contributed by atoms with E-state index in [0.717, 1.165) is 30.6 Å². The number of hydrogen-bond donors (Lipinski definition) is 2. The molecule has 0 amide bonds. The number of pyridine rings is 1. The van der Waals surface area contributed by atoms with Crippen LogP contribution in [-0.2, 0) is 6.54 Å². The van der Waals surface area contributed by atoms with Crippen LogP contribution in [0.2, 0.25) is 0 Å². The number of hydrogen-bond acceptors (Lipinski definition) is 4. The Morgan fingerprint density at radius 3 is 2.50 bits per heavy atom. The third-order valence-electron chi connectivity index (χ3n) is 4.46. The lowest BCUT2D eigenvalue weighted by molar-refractivity contribution is 0.767. The van der Waals surface area contributed by atoms with Crippen molar-refractivity contribution < 1.29 is 0 Å². The monoisotopic (exact) mass is 511 g/mol. The molecule has 152 valence electrons. The van der Waals surface area contributed by atoms with Crippen molar-refractivity contribution in [2.45, 2.75) is 36.0 Å². The Morgan fingerprint density at radius 1 is 1.11 bits per heavy atom. The van der Waals surface area contributed by atoms with E-state index in [2.05, 4.69) is 52.9 Å². The van der Waals surface area contributed by atoms with E-state index in [4.69, 9.17) is 4.99 Å². The fourth-order valence-electron chi connectivity index (χ4n) is 2.74. The second-order valence-corrected chi connectivity index (χ2v) is 8.57. The van der Waals surface area contributed by atoms with Crippen molar-refractivity contribution in [3.63, 3.8) is 0 Å². The topological polar surface area (TPSA) is 52.6 Å². The summed E-state index contributed by atoms with van der Waals surface area (Å²) in [5.41, 5.74) is 0.971. The molecule has 1 fully saturated rings. The highest BCUT2D eigenvalue weighted by Gasteiger charge is 2.43. The molecule has 3 rings (SSSR count). The lowest BCUT2D eigenvalue weighted by atomic mass is 10.3. The Bertz CT molecular complexity index is 762. The minimum absolute atomic E-state index is 0. The number of aliphatic imine (C=N–C) groups is 1. The number of anilines is 1. The first-order valence-electron chi connectivity index (χ1n) is 9.50. The van der Waals surface area contributed by atoms with Crippen molar-refractivity contribution in [1.82, 2.24) is 15.6 Å². The molecule has 0 spiro atoms. The molecule has 0 radical (unpaired) electrons. The first kappa shape index (κ1) is 22.8. The molecule has 0 aliphatic heterocycles. The highest BCUT2D eigenvalue weighted by atomic mass is 127. The first-order chi connectivity index (χ1) is 13.1. The van der Waals surface area contributed by atoms with Gasteiger partial charge in [-0.3, -0.25) is 0 Å². The van der Waals surface area contributed by atoms with Crippen LogP contribution in [0.25, 0.3) is 0 Å². The van der Waals surface area contributed by atoms with E-state index in [1.54, 1.807) is 0 Å². The predicted molar refractivity (Wildman–Crippen MR) is 131 cm³/mol. The Balaban J connectivity index is 0.00000280. The molecule has 1 heterocycles. The van der Waals surface area contributed by atoms with Crippen LogP contribution in [0.15, 0.2) is 58.4 Å². The summed E-state index contributed by atoms with van der Waals surface area (Å²) in [7, 11) is 4.00. The van der Waals surface area contributed by atoms with E-state index in [1.165, 1.54) is 17.7 Å². The Labute approximate surface area is 189 Å². The van der Waals surface area contributed by atoms with Gasteiger partial charge in [-0.15, -0.1) is 35.7 Å². The zero-order chi connectivity index (χ0) is 19.1. The summed E-state index contributed by atoms with van der Waals surface area (Å²) in [6.07, 6.45) is 2.48. The van der Waals surface area contributed by atoms with Gasteiger partial charge in [-0.25, -0.2) is 9.98 Å². The molecule has 1 aromatic carbocycles. The molecule has 5 nitrogen and oxygen atoms in total. The lowest BCUT2D eigenvalue weighted by Gasteiger charge is -2.18. The average Bonchev–Trinajstić information content (AvgIpc) is 3.44. The number of thioether (sulfide) groups is 1. The van der Waals surface area contributed by atoms with Crippen LogP contribution in [0.1, 0.15) is 25.5 Å². The second kappa shape index (κ2) is 10.9. The maximum Gasteiger partial charge on any atom is 0.191 e. The standard InChI is InChI=1S/C21H29N5S.HI/c1-4-22-20(23-15-17-9-8-12-19(25-17)26(2)3)24-16-21(13-14-21)27-18-10-6-5-7-11-18;/h5-12H,4,13-16H2,1-3H3,(H2,22,23,24);1H. The molecule has 1 aliphatic rings. The quantitative estimate of drug-likeness (QED) is 0.317. The van der Waals surface area contributed by atoms with Gasteiger partial charge in [0.2, 0.25) is 0 Å². The Morgan fingerprint density at radius 2 is 1.86 bits per heavy atom. The van der Waals surface area contributed by atoms with E-state index in [0.29, 0.717) is 11.3 Å². The van der Waals surface area contributed by atoms with Crippen LogP contribution in [0.3, 0.4) is 0 Å². The summed E-state index contributed by atoms with van der Waals surface area (Å²) >= 11 is 1.97. The molecule has 1 aromatic heterocycles. The predicted octanol–water partition coefficient (Wildman–Crippen LogP) is 4.15. The molecule has 7 heteroatoms. The molecular weight excluding hydrogens is 481 g/mol. The van der Waals surface area contributed by atoms with Gasteiger partial charge < -0.3 is 15.5 Å². The van der Waals surface area contributed by atoms with Crippen LogP contribution >= 0.6 is 35.7 Å². The molecule has 2 aromatic rings. The van der Waals surface area contributed by atoms with Crippen LogP contribution in [0.5, 0.6) is 0 Å². The summed E-state index contributed by atoms with van der Waals surface area (Å²) in [5, 5.41) is 6.88. The maximum atomic E-state index is 4.73. The van der Waals surface area contributed by atoms with Gasteiger partial charge in [0.25, 0.3) is 0 Å².